The summed E-state index contributed by atoms with van der Waals surface area (Å²) in [6.45, 7) is 1.92. The molecule has 2 nitrogen and oxygen atoms in total. The summed E-state index contributed by atoms with van der Waals surface area (Å²) in [6.07, 6.45) is 0.708. The van der Waals surface area contributed by atoms with Gasteiger partial charge in [0.15, 0.2) is 0 Å². The van der Waals surface area contributed by atoms with E-state index in [1.807, 2.05) is 19.1 Å². The van der Waals surface area contributed by atoms with Gasteiger partial charge in [0.2, 0.25) is 0 Å². The molecule has 20 heavy (non-hydrogen) atoms. The number of aryl methyl sites for hydroxylation is 1. The number of hydrogen-bond acceptors (Lipinski definition) is 3. The first-order valence-electron chi connectivity index (χ1n) is 6.23. The van der Waals surface area contributed by atoms with Gasteiger partial charge in [-0.1, -0.05) is 0 Å². The molecule has 0 aliphatic rings. The third kappa shape index (κ3) is 2.53. The Morgan fingerprint density at radius 3 is 2.85 bits per heavy atom. The molecule has 104 valence electrons. The monoisotopic (exact) mass is 353 g/mol. The number of fused-ring (bicyclic) bond motifs is 1. The molecule has 2 heterocycles. The smallest absolute Gasteiger partial charge is 0.134 e. The highest BCUT2D eigenvalue weighted by Gasteiger charge is 2.18. The molecule has 3 aromatic rings. The van der Waals surface area contributed by atoms with Crippen molar-refractivity contribution in [3.05, 3.63) is 56.1 Å². The predicted molar refractivity (Wildman–Crippen MR) is 83.6 cm³/mol. The van der Waals surface area contributed by atoms with Gasteiger partial charge in [0.1, 0.15) is 17.2 Å². The quantitative estimate of drug-likeness (QED) is 0.723. The van der Waals surface area contributed by atoms with E-state index in [1.165, 1.54) is 17.0 Å². The number of thiophene rings is 1. The summed E-state index contributed by atoms with van der Waals surface area (Å²) in [5.41, 5.74) is 7.84. The van der Waals surface area contributed by atoms with Crippen LogP contribution in [-0.4, -0.2) is 0 Å². The minimum absolute atomic E-state index is 0.226. The summed E-state index contributed by atoms with van der Waals surface area (Å²) >= 11 is 5.10. The Balaban J connectivity index is 1.95. The van der Waals surface area contributed by atoms with Crippen LogP contribution in [-0.2, 0) is 6.42 Å². The lowest BCUT2D eigenvalue weighted by Crippen LogP contribution is -2.12. The maximum Gasteiger partial charge on any atom is 0.134 e. The SMILES string of the molecule is Cc1c(C(N)Cc2ccc(Br)s2)oc2ccc(F)cc12. The third-order valence-electron chi connectivity index (χ3n) is 3.32. The molecule has 0 amide bonds. The Morgan fingerprint density at radius 1 is 1.35 bits per heavy atom. The van der Waals surface area contributed by atoms with Gasteiger partial charge in [-0.2, -0.15) is 0 Å². The second-order valence-corrected chi connectivity index (χ2v) is 7.30. The molecule has 2 aromatic heterocycles. The molecule has 5 heteroatoms. The van der Waals surface area contributed by atoms with E-state index in [0.717, 1.165) is 20.5 Å². The average molecular weight is 354 g/mol. The predicted octanol–water partition coefficient (Wildman–Crippen LogP) is 4.95. The normalized spacial score (nSPS) is 13.0. The van der Waals surface area contributed by atoms with Crippen molar-refractivity contribution in [3.63, 3.8) is 0 Å². The molecule has 0 bridgehead atoms. The van der Waals surface area contributed by atoms with Crippen molar-refractivity contribution in [2.45, 2.75) is 19.4 Å². The molecule has 0 spiro atoms. The van der Waals surface area contributed by atoms with Crippen LogP contribution in [0.25, 0.3) is 11.0 Å². The fourth-order valence-corrected chi connectivity index (χ4v) is 3.88. The minimum atomic E-state index is -0.260. The summed E-state index contributed by atoms with van der Waals surface area (Å²) in [5, 5.41) is 0.794. The van der Waals surface area contributed by atoms with Gasteiger partial charge in [0, 0.05) is 22.2 Å². The molecule has 0 aliphatic carbocycles. The van der Waals surface area contributed by atoms with Gasteiger partial charge >= 0.3 is 0 Å². The van der Waals surface area contributed by atoms with E-state index in [9.17, 15) is 4.39 Å². The van der Waals surface area contributed by atoms with E-state index < -0.39 is 0 Å². The Hall–Kier alpha value is -1.17. The van der Waals surface area contributed by atoms with E-state index in [2.05, 4.69) is 15.9 Å². The molecule has 1 unspecified atom stereocenters. The van der Waals surface area contributed by atoms with Crippen LogP contribution >= 0.6 is 27.3 Å². The van der Waals surface area contributed by atoms with Crippen molar-refractivity contribution in [3.8, 4) is 0 Å². The zero-order valence-corrected chi connectivity index (χ0v) is 13.2. The van der Waals surface area contributed by atoms with E-state index in [1.54, 1.807) is 17.4 Å². The fraction of sp³-hybridized carbons (Fsp3) is 0.200. The number of benzene rings is 1. The van der Waals surface area contributed by atoms with Crippen LogP contribution in [0.2, 0.25) is 0 Å². The van der Waals surface area contributed by atoms with Crippen LogP contribution in [0.15, 0.2) is 38.5 Å². The molecular weight excluding hydrogens is 341 g/mol. The van der Waals surface area contributed by atoms with Crippen LogP contribution in [0.4, 0.5) is 4.39 Å². The first kappa shape index (κ1) is 13.8. The van der Waals surface area contributed by atoms with Crippen molar-refractivity contribution in [1.29, 1.82) is 0 Å². The van der Waals surface area contributed by atoms with Crippen molar-refractivity contribution in [1.82, 2.24) is 0 Å². The Labute approximate surface area is 128 Å². The average Bonchev–Trinajstić information content (AvgIpc) is 2.94. The topological polar surface area (TPSA) is 39.2 Å². The lowest BCUT2D eigenvalue weighted by atomic mass is 10.1. The summed E-state index contributed by atoms with van der Waals surface area (Å²) in [7, 11) is 0. The Morgan fingerprint density at radius 2 is 2.15 bits per heavy atom. The third-order valence-corrected chi connectivity index (χ3v) is 4.97. The van der Waals surface area contributed by atoms with Crippen molar-refractivity contribution in [2.75, 3.05) is 0 Å². The molecular formula is C15H13BrFNOS. The van der Waals surface area contributed by atoms with Gasteiger partial charge in [-0.15, -0.1) is 11.3 Å². The van der Waals surface area contributed by atoms with E-state index >= 15 is 0 Å². The van der Waals surface area contributed by atoms with Crippen LogP contribution < -0.4 is 5.73 Å². The van der Waals surface area contributed by atoms with Gasteiger partial charge < -0.3 is 10.2 Å². The van der Waals surface area contributed by atoms with Gasteiger partial charge in [0.05, 0.1) is 9.83 Å². The molecule has 0 saturated carbocycles. The second-order valence-electron chi connectivity index (χ2n) is 4.75. The highest BCUT2D eigenvalue weighted by molar-refractivity contribution is 9.11. The Kier molecular flexibility index (Phi) is 3.67. The number of furan rings is 1. The first-order chi connectivity index (χ1) is 9.54. The molecule has 1 atom stereocenters. The zero-order chi connectivity index (χ0) is 14.3. The number of rotatable bonds is 3. The zero-order valence-electron chi connectivity index (χ0n) is 10.8. The standard InChI is InChI=1S/C15H13BrFNOS/c1-8-11-6-9(17)2-4-13(11)19-15(8)12(18)7-10-3-5-14(16)20-10/h2-6,12H,7,18H2,1H3. The van der Waals surface area contributed by atoms with Crippen molar-refractivity contribution >= 4 is 38.2 Å². The maximum absolute atomic E-state index is 13.3. The molecule has 0 radical (unpaired) electrons. The molecule has 0 saturated heterocycles. The maximum atomic E-state index is 13.3. The summed E-state index contributed by atoms with van der Waals surface area (Å²) in [6, 6.07) is 8.37. The molecule has 0 aliphatic heterocycles. The fourth-order valence-electron chi connectivity index (χ4n) is 2.34. The van der Waals surface area contributed by atoms with Gasteiger partial charge in [-0.25, -0.2) is 4.39 Å². The van der Waals surface area contributed by atoms with Gasteiger partial charge in [0.25, 0.3) is 0 Å². The molecule has 1 aromatic carbocycles. The minimum Gasteiger partial charge on any atom is -0.459 e. The number of hydrogen-bond donors (Lipinski definition) is 1. The van der Waals surface area contributed by atoms with Crippen molar-refractivity contribution < 1.29 is 8.81 Å². The van der Waals surface area contributed by atoms with Crippen LogP contribution in [0.1, 0.15) is 22.2 Å². The van der Waals surface area contributed by atoms with Crippen molar-refractivity contribution in [2.24, 2.45) is 5.73 Å². The molecule has 0 fully saturated rings. The molecule has 3 rings (SSSR count). The van der Waals surface area contributed by atoms with Crippen LogP contribution in [0.5, 0.6) is 0 Å². The first-order valence-corrected chi connectivity index (χ1v) is 7.84. The summed E-state index contributed by atoms with van der Waals surface area (Å²) in [5.74, 6) is 0.471. The van der Waals surface area contributed by atoms with Crippen LogP contribution in [0.3, 0.4) is 0 Å². The summed E-state index contributed by atoms with van der Waals surface area (Å²) < 4.78 is 20.2. The lowest BCUT2D eigenvalue weighted by molar-refractivity contribution is 0.491. The summed E-state index contributed by atoms with van der Waals surface area (Å²) in [4.78, 5) is 1.19. The van der Waals surface area contributed by atoms with E-state index in [4.69, 9.17) is 10.2 Å². The highest BCUT2D eigenvalue weighted by atomic mass is 79.9. The van der Waals surface area contributed by atoms with Crippen LogP contribution in [0, 0.1) is 12.7 Å². The molecule has 2 N–H and O–H groups in total. The Bertz CT molecular complexity index is 764. The van der Waals surface area contributed by atoms with Gasteiger partial charge in [-0.3, -0.25) is 0 Å². The number of nitrogens with two attached hydrogens (primary N) is 1. The van der Waals surface area contributed by atoms with Gasteiger partial charge in [-0.05, 0) is 53.2 Å². The second kappa shape index (κ2) is 5.31. The largest absolute Gasteiger partial charge is 0.459 e. The van der Waals surface area contributed by atoms with E-state index in [-0.39, 0.29) is 11.9 Å². The van der Waals surface area contributed by atoms with E-state index in [0.29, 0.717) is 12.0 Å². The lowest BCUT2D eigenvalue weighted by Gasteiger charge is -2.08. The highest BCUT2D eigenvalue weighted by Crippen LogP contribution is 2.32. The number of halogens is 2.